The van der Waals surface area contributed by atoms with Crippen LogP contribution in [0.3, 0.4) is 0 Å². The van der Waals surface area contributed by atoms with Crippen molar-refractivity contribution in [1.82, 2.24) is 5.32 Å². The van der Waals surface area contributed by atoms with E-state index in [1.165, 1.54) is 0 Å². The molecule has 0 aromatic carbocycles. The molecule has 7 nitrogen and oxygen atoms in total. The normalized spacial score (nSPS) is 14.0. The SMILES string of the molecule is CC(C)(C)OC(=O)NCC(C(=O)O)C(C)(C)CC(C)(C)C(N)=O. The first-order chi connectivity index (χ1) is 10.1. The van der Waals surface area contributed by atoms with Gasteiger partial charge in [-0.1, -0.05) is 27.7 Å². The molecule has 0 fully saturated rings. The van der Waals surface area contributed by atoms with Crippen molar-refractivity contribution in [2.24, 2.45) is 22.5 Å². The number of hydrogen-bond acceptors (Lipinski definition) is 4. The Bertz CT molecular complexity index is 464. The van der Waals surface area contributed by atoms with E-state index >= 15 is 0 Å². The number of primary amides is 1. The average Bonchev–Trinajstić information content (AvgIpc) is 2.23. The Morgan fingerprint density at radius 3 is 1.91 bits per heavy atom. The molecule has 0 spiro atoms. The monoisotopic (exact) mass is 330 g/mol. The summed E-state index contributed by atoms with van der Waals surface area (Å²) in [4.78, 5) is 34.8. The number of alkyl carbamates (subject to hydrolysis) is 1. The maximum atomic E-state index is 11.7. The number of carbonyl (C=O) groups is 3. The Morgan fingerprint density at radius 1 is 1.09 bits per heavy atom. The van der Waals surface area contributed by atoms with Gasteiger partial charge in [0.25, 0.3) is 0 Å². The molecule has 0 aliphatic rings. The Kier molecular flexibility index (Phi) is 6.63. The summed E-state index contributed by atoms with van der Waals surface area (Å²) in [6.07, 6.45) is -0.392. The van der Waals surface area contributed by atoms with Gasteiger partial charge < -0.3 is 20.9 Å². The van der Waals surface area contributed by atoms with E-state index in [-0.39, 0.29) is 13.0 Å². The smallest absolute Gasteiger partial charge is 0.407 e. The second-order valence-electron chi connectivity index (χ2n) is 8.19. The van der Waals surface area contributed by atoms with E-state index < -0.39 is 40.3 Å². The maximum Gasteiger partial charge on any atom is 0.407 e. The number of hydrogen-bond donors (Lipinski definition) is 3. The molecule has 7 heteroatoms. The molecule has 0 aromatic heterocycles. The van der Waals surface area contributed by atoms with Gasteiger partial charge in [-0.2, -0.15) is 0 Å². The summed E-state index contributed by atoms with van der Waals surface area (Å²) in [5.41, 5.74) is 3.11. The molecule has 0 saturated carbocycles. The lowest BCUT2D eigenvalue weighted by Gasteiger charge is -2.37. The molecule has 23 heavy (non-hydrogen) atoms. The molecule has 0 radical (unpaired) electrons. The van der Waals surface area contributed by atoms with Gasteiger partial charge in [-0.25, -0.2) is 4.79 Å². The molecule has 1 unspecified atom stereocenters. The van der Waals surface area contributed by atoms with Crippen molar-refractivity contribution in [2.45, 2.75) is 60.5 Å². The van der Waals surface area contributed by atoms with Crippen LogP contribution in [0.15, 0.2) is 0 Å². The van der Waals surface area contributed by atoms with E-state index in [0.29, 0.717) is 0 Å². The fraction of sp³-hybridized carbons (Fsp3) is 0.812. The van der Waals surface area contributed by atoms with Gasteiger partial charge in [0.2, 0.25) is 5.91 Å². The molecule has 0 aliphatic heterocycles. The summed E-state index contributed by atoms with van der Waals surface area (Å²) >= 11 is 0. The average molecular weight is 330 g/mol. The van der Waals surface area contributed by atoms with Gasteiger partial charge in [-0.15, -0.1) is 0 Å². The molecule has 0 heterocycles. The predicted octanol–water partition coefficient (Wildman–Crippen LogP) is 2.14. The minimum absolute atomic E-state index is 0.0912. The third kappa shape index (κ3) is 7.34. The molecule has 2 amide bonds. The summed E-state index contributed by atoms with van der Waals surface area (Å²) in [6.45, 7) is 11.9. The van der Waals surface area contributed by atoms with E-state index in [2.05, 4.69) is 5.32 Å². The fourth-order valence-corrected chi connectivity index (χ4v) is 2.55. The van der Waals surface area contributed by atoms with Crippen LogP contribution in [0.5, 0.6) is 0 Å². The molecule has 4 N–H and O–H groups in total. The Morgan fingerprint density at radius 2 is 1.57 bits per heavy atom. The van der Waals surface area contributed by atoms with Gasteiger partial charge in [-0.3, -0.25) is 9.59 Å². The summed E-state index contributed by atoms with van der Waals surface area (Å²) in [7, 11) is 0. The number of ether oxygens (including phenoxy) is 1. The Labute approximate surface area is 137 Å². The van der Waals surface area contributed by atoms with Gasteiger partial charge in [-0.05, 0) is 32.6 Å². The van der Waals surface area contributed by atoms with Gasteiger partial charge >= 0.3 is 12.1 Å². The molecule has 134 valence electrons. The molecule has 0 saturated heterocycles. The number of rotatable bonds is 7. The highest BCUT2D eigenvalue weighted by Gasteiger charge is 2.41. The van der Waals surface area contributed by atoms with Crippen LogP contribution in [-0.4, -0.2) is 35.2 Å². The lowest BCUT2D eigenvalue weighted by molar-refractivity contribution is -0.147. The second kappa shape index (κ2) is 7.19. The highest BCUT2D eigenvalue weighted by molar-refractivity contribution is 5.80. The van der Waals surface area contributed by atoms with Crippen molar-refractivity contribution in [3.05, 3.63) is 0 Å². The van der Waals surface area contributed by atoms with Gasteiger partial charge in [0.05, 0.1) is 5.92 Å². The summed E-state index contributed by atoms with van der Waals surface area (Å²) in [5.74, 6) is -2.42. The van der Waals surface area contributed by atoms with Crippen LogP contribution in [-0.2, 0) is 14.3 Å². The van der Waals surface area contributed by atoms with E-state index in [1.807, 2.05) is 0 Å². The summed E-state index contributed by atoms with van der Waals surface area (Å²) in [5, 5.41) is 12.0. The van der Waals surface area contributed by atoms with Crippen molar-refractivity contribution in [3.63, 3.8) is 0 Å². The molecule has 0 aromatic rings. The Balaban J connectivity index is 5.01. The fourth-order valence-electron chi connectivity index (χ4n) is 2.55. The van der Waals surface area contributed by atoms with E-state index in [4.69, 9.17) is 10.5 Å². The Hall–Kier alpha value is -1.79. The minimum Gasteiger partial charge on any atom is -0.481 e. The van der Waals surface area contributed by atoms with Crippen molar-refractivity contribution in [3.8, 4) is 0 Å². The highest BCUT2D eigenvalue weighted by atomic mass is 16.6. The van der Waals surface area contributed by atoms with Crippen LogP contribution in [0, 0.1) is 16.7 Å². The predicted molar refractivity (Wildman–Crippen MR) is 86.7 cm³/mol. The standard InChI is InChI=1S/C16H30N2O5/c1-14(2,3)23-13(22)18-8-10(11(19)20)15(4,5)9-16(6,7)12(17)21/h10H,8-9H2,1-7H3,(H2,17,21)(H,18,22)(H,19,20). The maximum absolute atomic E-state index is 11.7. The molecular formula is C16H30N2O5. The van der Waals surface area contributed by atoms with Crippen LogP contribution in [0.1, 0.15) is 54.9 Å². The number of carbonyl (C=O) groups excluding carboxylic acids is 2. The van der Waals surface area contributed by atoms with Crippen molar-refractivity contribution < 1.29 is 24.2 Å². The minimum atomic E-state index is -1.05. The van der Waals surface area contributed by atoms with Crippen molar-refractivity contribution in [1.29, 1.82) is 0 Å². The third-order valence-corrected chi connectivity index (χ3v) is 3.66. The molecule has 0 bridgehead atoms. The van der Waals surface area contributed by atoms with Crippen molar-refractivity contribution >= 4 is 18.0 Å². The molecular weight excluding hydrogens is 300 g/mol. The first-order valence-electron chi connectivity index (χ1n) is 7.58. The highest BCUT2D eigenvalue weighted by Crippen LogP contribution is 2.39. The van der Waals surface area contributed by atoms with Gasteiger partial charge in [0.15, 0.2) is 0 Å². The summed E-state index contributed by atoms with van der Waals surface area (Å²) < 4.78 is 5.10. The van der Waals surface area contributed by atoms with Crippen LogP contribution >= 0.6 is 0 Å². The number of carboxylic acid groups (broad SMARTS) is 1. The molecule has 1 atom stereocenters. The second-order valence-corrected chi connectivity index (χ2v) is 8.19. The van der Waals surface area contributed by atoms with Gasteiger partial charge in [0.1, 0.15) is 5.60 Å². The van der Waals surface area contributed by atoms with Crippen LogP contribution < -0.4 is 11.1 Å². The quantitative estimate of drug-likeness (QED) is 0.661. The first-order valence-corrected chi connectivity index (χ1v) is 7.58. The van der Waals surface area contributed by atoms with Gasteiger partial charge in [0, 0.05) is 12.0 Å². The topological polar surface area (TPSA) is 119 Å². The summed E-state index contributed by atoms with van der Waals surface area (Å²) in [6, 6.07) is 0. The first kappa shape index (κ1) is 21.2. The van der Waals surface area contributed by atoms with Crippen molar-refractivity contribution in [2.75, 3.05) is 6.54 Å². The number of carboxylic acids is 1. The zero-order chi connectivity index (χ0) is 18.6. The largest absolute Gasteiger partial charge is 0.481 e. The van der Waals surface area contributed by atoms with E-state index in [0.717, 1.165) is 0 Å². The lowest BCUT2D eigenvalue weighted by atomic mass is 9.68. The van der Waals surface area contributed by atoms with Crippen LogP contribution in [0.2, 0.25) is 0 Å². The number of aliphatic carboxylic acids is 1. The zero-order valence-electron chi connectivity index (χ0n) is 15.1. The number of nitrogens with one attached hydrogen (secondary N) is 1. The van der Waals surface area contributed by atoms with Crippen LogP contribution in [0.4, 0.5) is 4.79 Å². The lowest BCUT2D eigenvalue weighted by Crippen LogP contribution is -2.45. The third-order valence-electron chi connectivity index (χ3n) is 3.66. The van der Waals surface area contributed by atoms with Crippen LogP contribution in [0.25, 0.3) is 0 Å². The van der Waals surface area contributed by atoms with E-state index in [9.17, 15) is 19.5 Å². The molecule has 0 rings (SSSR count). The number of nitrogens with two attached hydrogens (primary N) is 1. The van der Waals surface area contributed by atoms with E-state index in [1.54, 1.807) is 48.5 Å². The molecule has 0 aliphatic carbocycles. The zero-order valence-corrected chi connectivity index (χ0v) is 15.1. The number of amides is 2.